The zero-order valence-electron chi connectivity index (χ0n) is 19.2. The molecule has 2 aliphatic rings. The van der Waals surface area contributed by atoms with Crippen molar-refractivity contribution in [3.05, 3.63) is 51.1 Å². The van der Waals surface area contributed by atoms with Gasteiger partial charge >= 0.3 is 0 Å². The first-order chi connectivity index (χ1) is 15.5. The molecule has 2 aliphatic heterocycles. The number of fused-ring (bicyclic) bond motifs is 1. The molecule has 1 N–H and O–H groups in total. The Bertz CT molecular complexity index is 1160. The highest BCUT2D eigenvalue weighted by molar-refractivity contribution is 5.83. The van der Waals surface area contributed by atoms with Gasteiger partial charge in [-0.2, -0.15) is 0 Å². The number of aromatic nitrogens is 5. The average molecular weight is 437 g/mol. The number of nitrogens with zero attached hydrogens (tertiary/aromatic N) is 5. The number of ether oxygens (including phenoxy) is 1. The summed E-state index contributed by atoms with van der Waals surface area (Å²) in [5.74, 6) is 1.29. The molecular formula is C24H32N6O2. The van der Waals surface area contributed by atoms with E-state index in [0.717, 1.165) is 66.8 Å². The highest BCUT2D eigenvalue weighted by Gasteiger charge is 2.33. The van der Waals surface area contributed by atoms with E-state index in [-0.39, 0.29) is 17.7 Å². The third-order valence-electron chi connectivity index (χ3n) is 6.89. The van der Waals surface area contributed by atoms with Crippen LogP contribution in [0.3, 0.4) is 0 Å². The minimum atomic E-state index is -0.289. The van der Waals surface area contributed by atoms with Gasteiger partial charge < -0.3 is 9.72 Å². The van der Waals surface area contributed by atoms with Gasteiger partial charge in [-0.1, -0.05) is 13.0 Å². The van der Waals surface area contributed by atoms with E-state index in [1.165, 1.54) is 6.42 Å². The van der Waals surface area contributed by atoms with Gasteiger partial charge in [-0.3, -0.25) is 9.69 Å². The molecule has 2 fully saturated rings. The number of hydrogen-bond acceptors (Lipinski definition) is 6. The van der Waals surface area contributed by atoms with Gasteiger partial charge in [0.1, 0.15) is 6.04 Å². The number of piperidine rings is 1. The van der Waals surface area contributed by atoms with Crippen LogP contribution >= 0.6 is 0 Å². The molecule has 8 heteroatoms. The first kappa shape index (κ1) is 21.3. The van der Waals surface area contributed by atoms with Crippen LogP contribution in [-0.4, -0.2) is 55.9 Å². The van der Waals surface area contributed by atoms with Crippen molar-refractivity contribution in [3.8, 4) is 0 Å². The van der Waals surface area contributed by atoms with E-state index in [2.05, 4.69) is 58.3 Å². The van der Waals surface area contributed by atoms with Crippen LogP contribution in [0.5, 0.6) is 0 Å². The zero-order chi connectivity index (χ0) is 22.2. The van der Waals surface area contributed by atoms with Gasteiger partial charge in [0.25, 0.3) is 5.56 Å². The number of aromatic amines is 1. The van der Waals surface area contributed by atoms with E-state index in [1.54, 1.807) is 0 Å². The molecule has 0 bridgehead atoms. The number of benzene rings is 1. The fourth-order valence-corrected chi connectivity index (χ4v) is 5.37. The van der Waals surface area contributed by atoms with Crippen LogP contribution in [0.15, 0.2) is 23.0 Å². The molecule has 8 nitrogen and oxygen atoms in total. The summed E-state index contributed by atoms with van der Waals surface area (Å²) in [7, 11) is 0. The van der Waals surface area contributed by atoms with Crippen LogP contribution in [0.2, 0.25) is 0 Å². The van der Waals surface area contributed by atoms with Gasteiger partial charge in [0, 0.05) is 29.6 Å². The van der Waals surface area contributed by atoms with Crippen LogP contribution in [-0.2, 0) is 11.3 Å². The Labute approximate surface area is 188 Å². The maximum Gasteiger partial charge on any atom is 0.253 e. The smallest absolute Gasteiger partial charge is 0.253 e. The van der Waals surface area contributed by atoms with Gasteiger partial charge in [-0.15, -0.1) is 5.10 Å². The van der Waals surface area contributed by atoms with Crippen LogP contribution < -0.4 is 5.56 Å². The van der Waals surface area contributed by atoms with E-state index >= 15 is 0 Å². The second kappa shape index (κ2) is 8.75. The third kappa shape index (κ3) is 4.09. The summed E-state index contributed by atoms with van der Waals surface area (Å²) < 4.78 is 7.69. The molecule has 5 rings (SSSR count). The number of nitrogens with one attached hydrogen (secondary N) is 1. The predicted octanol–water partition coefficient (Wildman–Crippen LogP) is 3.13. The van der Waals surface area contributed by atoms with Crippen molar-refractivity contribution in [1.29, 1.82) is 0 Å². The summed E-state index contributed by atoms with van der Waals surface area (Å²) in [5.41, 5.74) is 3.81. The van der Waals surface area contributed by atoms with Gasteiger partial charge in [-0.25, -0.2) is 4.68 Å². The monoisotopic (exact) mass is 436 g/mol. The normalized spacial score (nSPS) is 23.1. The number of aryl methyl sites for hydroxylation is 2. The lowest BCUT2D eigenvalue weighted by Gasteiger charge is -2.36. The minimum Gasteiger partial charge on any atom is -0.376 e. The maximum absolute atomic E-state index is 13.4. The van der Waals surface area contributed by atoms with E-state index in [9.17, 15) is 4.79 Å². The zero-order valence-corrected chi connectivity index (χ0v) is 19.2. The van der Waals surface area contributed by atoms with Crippen molar-refractivity contribution >= 4 is 10.9 Å². The lowest BCUT2D eigenvalue weighted by molar-refractivity contribution is 0.0889. The molecule has 2 saturated heterocycles. The SMILES string of the molecule is Cc1cc(C)c2cc([C@H](c3nnnn3C[C@@H]3CCCO3)N3CCC[C@@H](C)C3)c(=O)[nH]c2c1. The number of tetrazole rings is 1. The first-order valence-electron chi connectivity index (χ1n) is 11.8. The van der Waals surface area contributed by atoms with Crippen molar-refractivity contribution in [2.75, 3.05) is 19.7 Å². The second-order valence-electron chi connectivity index (χ2n) is 9.60. The van der Waals surface area contributed by atoms with Gasteiger partial charge in [-0.05, 0) is 85.7 Å². The van der Waals surface area contributed by atoms with E-state index in [4.69, 9.17) is 4.74 Å². The van der Waals surface area contributed by atoms with Crippen LogP contribution in [0, 0.1) is 19.8 Å². The topological polar surface area (TPSA) is 88.9 Å². The lowest BCUT2D eigenvalue weighted by Crippen LogP contribution is -2.41. The molecule has 0 radical (unpaired) electrons. The fourth-order valence-electron chi connectivity index (χ4n) is 5.37. The van der Waals surface area contributed by atoms with Crippen LogP contribution in [0.4, 0.5) is 0 Å². The number of H-pyrrole nitrogens is 1. The van der Waals surface area contributed by atoms with Gasteiger partial charge in [0.2, 0.25) is 0 Å². The summed E-state index contributed by atoms with van der Waals surface area (Å²) in [6.07, 6.45) is 4.52. The molecule has 170 valence electrons. The molecule has 0 unspecified atom stereocenters. The summed E-state index contributed by atoms with van der Waals surface area (Å²) in [4.78, 5) is 18.9. The number of hydrogen-bond donors (Lipinski definition) is 1. The molecule has 3 atom stereocenters. The molecule has 3 aromatic rings. The van der Waals surface area contributed by atoms with Crippen molar-refractivity contribution < 1.29 is 4.74 Å². The van der Waals surface area contributed by atoms with Crippen LogP contribution in [0.25, 0.3) is 10.9 Å². The van der Waals surface area contributed by atoms with Gasteiger partial charge in [0.05, 0.1) is 12.6 Å². The molecule has 0 saturated carbocycles. The minimum absolute atomic E-state index is 0.0719. The predicted molar refractivity (Wildman–Crippen MR) is 123 cm³/mol. The van der Waals surface area contributed by atoms with Crippen LogP contribution in [0.1, 0.15) is 61.2 Å². The summed E-state index contributed by atoms with van der Waals surface area (Å²) in [6.45, 7) is 9.67. The summed E-state index contributed by atoms with van der Waals surface area (Å²) in [6, 6.07) is 5.96. The molecule has 0 spiro atoms. The Morgan fingerprint density at radius 2 is 2.09 bits per heavy atom. The number of pyridine rings is 1. The highest BCUT2D eigenvalue weighted by atomic mass is 16.5. The van der Waals surface area contributed by atoms with E-state index < -0.39 is 0 Å². The molecule has 0 aliphatic carbocycles. The Morgan fingerprint density at radius 1 is 1.22 bits per heavy atom. The van der Waals surface area contributed by atoms with Gasteiger partial charge in [0.15, 0.2) is 5.82 Å². The standard InChI is InChI=1S/C24H32N6O2/c1-15-6-4-8-29(13-15)22(23-26-27-28-30(23)14-18-7-5-9-32-18)20-12-19-17(3)10-16(2)11-21(19)25-24(20)31/h10-12,15,18,22H,4-9,13-14H2,1-3H3,(H,25,31)/t15-,18+,22-/m1/s1. The Morgan fingerprint density at radius 3 is 2.88 bits per heavy atom. The Hall–Kier alpha value is -2.58. The first-order valence-corrected chi connectivity index (χ1v) is 11.8. The van der Waals surface area contributed by atoms with Crippen molar-refractivity contribution in [2.45, 2.75) is 65.1 Å². The van der Waals surface area contributed by atoms with Crippen molar-refractivity contribution in [2.24, 2.45) is 5.92 Å². The molecule has 4 heterocycles. The molecule has 2 aromatic heterocycles. The molecule has 32 heavy (non-hydrogen) atoms. The Balaban J connectivity index is 1.62. The molecular weight excluding hydrogens is 404 g/mol. The van der Waals surface area contributed by atoms with Crippen molar-refractivity contribution in [1.82, 2.24) is 30.1 Å². The molecule has 0 amide bonds. The fraction of sp³-hybridized carbons (Fsp3) is 0.583. The largest absolute Gasteiger partial charge is 0.376 e. The van der Waals surface area contributed by atoms with E-state index in [1.807, 2.05) is 10.7 Å². The maximum atomic E-state index is 13.4. The van der Waals surface area contributed by atoms with E-state index in [0.29, 0.717) is 18.0 Å². The second-order valence-corrected chi connectivity index (χ2v) is 9.60. The lowest BCUT2D eigenvalue weighted by atomic mass is 9.95. The average Bonchev–Trinajstić information content (AvgIpc) is 3.42. The highest BCUT2D eigenvalue weighted by Crippen LogP contribution is 2.32. The summed E-state index contributed by atoms with van der Waals surface area (Å²) >= 11 is 0. The Kier molecular flexibility index (Phi) is 5.82. The number of rotatable bonds is 5. The quantitative estimate of drug-likeness (QED) is 0.661. The summed E-state index contributed by atoms with van der Waals surface area (Å²) in [5, 5.41) is 13.8. The third-order valence-corrected chi connectivity index (χ3v) is 6.89. The number of likely N-dealkylation sites (tertiary alicyclic amines) is 1. The molecule has 1 aromatic carbocycles. The van der Waals surface area contributed by atoms with Crippen molar-refractivity contribution in [3.63, 3.8) is 0 Å².